The molecule has 1 aromatic carbocycles. The molecule has 5 nitrogen and oxygen atoms in total. The number of morpholine rings is 1. The van der Waals surface area contributed by atoms with Gasteiger partial charge in [0.2, 0.25) is 0 Å². The van der Waals surface area contributed by atoms with Crippen LogP contribution in [0, 0.1) is 12.3 Å². The van der Waals surface area contributed by atoms with Crippen LogP contribution in [-0.2, 0) is 11.3 Å². The topological polar surface area (TPSA) is 75.2 Å². The van der Waals surface area contributed by atoms with Crippen LogP contribution < -0.4 is 5.73 Å². The maximum Gasteiger partial charge on any atom is 0.133 e. The highest BCUT2D eigenvalue weighted by Crippen LogP contribution is 2.31. The van der Waals surface area contributed by atoms with Crippen LogP contribution in [0.4, 0.5) is 5.82 Å². The fourth-order valence-corrected chi connectivity index (χ4v) is 3.69. The summed E-state index contributed by atoms with van der Waals surface area (Å²) in [6, 6.07) is 3.83. The van der Waals surface area contributed by atoms with E-state index in [2.05, 4.69) is 16.8 Å². The SMILES string of the molecule is CC(=N)c1c(N)nc2c(C)cc(Cl)cc2c1CN1CCOC(C)C1. The Morgan fingerprint density at radius 1 is 1.50 bits per heavy atom. The van der Waals surface area contributed by atoms with Gasteiger partial charge < -0.3 is 15.9 Å². The van der Waals surface area contributed by atoms with Crippen molar-refractivity contribution in [3.8, 4) is 0 Å². The van der Waals surface area contributed by atoms with E-state index in [-0.39, 0.29) is 6.10 Å². The summed E-state index contributed by atoms with van der Waals surface area (Å²) in [5, 5.41) is 9.82. The van der Waals surface area contributed by atoms with E-state index >= 15 is 0 Å². The lowest BCUT2D eigenvalue weighted by Crippen LogP contribution is -2.40. The smallest absolute Gasteiger partial charge is 0.133 e. The Hall–Kier alpha value is -1.69. The molecule has 6 heteroatoms. The summed E-state index contributed by atoms with van der Waals surface area (Å²) in [4.78, 5) is 6.88. The van der Waals surface area contributed by atoms with Crippen LogP contribution in [0.1, 0.15) is 30.5 Å². The molecule has 1 aliphatic rings. The normalized spacial score (nSPS) is 18.9. The molecule has 1 unspecified atom stereocenters. The van der Waals surface area contributed by atoms with E-state index in [1.165, 1.54) is 0 Å². The molecule has 3 rings (SSSR count). The summed E-state index contributed by atoms with van der Waals surface area (Å²) in [6.07, 6.45) is 0.207. The second kappa shape index (κ2) is 6.67. The predicted octanol–water partition coefficient (Wildman–Crippen LogP) is 3.39. The van der Waals surface area contributed by atoms with Crippen LogP contribution in [-0.4, -0.2) is 41.4 Å². The Morgan fingerprint density at radius 3 is 2.92 bits per heavy atom. The summed E-state index contributed by atoms with van der Waals surface area (Å²) >= 11 is 6.29. The zero-order valence-electron chi connectivity index (χ0n) is 14.3. The van der Waals surface area contributed by atoms with Gasteiger partial charge in [-0.3, -0.25) is 4.90 Å². The number of fused-ring (bicyclic) bond motifs is 1. The van der Waals surface area contributed by atoms with Gasteiger partial charge in [-0.05, 0) is 44.0 Å². The number of nitrogen functional groups attached to an aromatic ring is 1. The van der Waals surface area contributed by atoms with E-state index < -0.39 is 0 Å². The number of ether oxygens (including phenoxy) is 1. The van der Waals surface area contributed by atoms with E-state index in [9.17, 15) is 0 Å². The molecule has 2 heterocycles. The maximum absolute atomic E-state index is 8.16. The van der Waals surface area contributed by atoms with Crippen LogP contribution in [0.15, 0.2) is 12.1 Å². The summed E-state index contributed by atoms with van der Waals surface area (Å²) < 4.78 is 5.63. The first-order valence-electron chi connectivity index (χ1n) is 8.14. The third-order valence-electron chi connectivity index (χ3n) is 4.46. The monoisotopic (exact) mass is 346 g/mol. The number of aromatic nitrogens is 1. The van der Waals surface area contributed by atoms with Gasteiger partial charge in [0, 0.05) is 41.3 Å². The van der Waals surface area contributed by atoms with Crippen molar-refractivity contribution in [3.05, 3.63) is 33.8 Å². The summed E-state index contributed by atoms with van der Waals surface area (Å²) in [7, 11) is 0. The van der Waals surface area contributed by atoms with Gasteiger partial charge in [-0.25, -0.2) is 4.98 Å². The molecule has 1 saturated heterocycles. The first kappa shape index (κ1) is 17.1. The first-order chi connectivity index (χ1) is 11.4. The van der Waals surface area contributed by atoms with Crippen molar-refractivity contribution in [2.24, 2.45) is 0 Å². The maximum atomic E-state index is 8.16. The highest BCUT2D eigenvalue weighted by atomic mass is 35.5. The minimum absolute atomic E-state index is 0.207. The van der Waals surface area contributed by atoms with Gasteiger partial charge in [0.15, 0.2) is 0 Å². The molecule has 1 aliphatic heterocycles. The highest BCUT2D eigenvalue weighted by molar-refractivity contribution is 6.31. The molecule has 0 aliphatic carbocycles. The molecule has 0 bridgehead atoms. The third kappa shape index (κ3) is 3.24. The van der Waals surface area contributed by atoms with Gasteiger partial charge in [-0.1, -0.05) is 11.6 Å². The zero-order chi connectivity index (χ0) is 17.4. The summed E-state index contributed by atoms with van der Waals surface area (Å²) in [6.45, 7) is 8.97. The van der Waals surface area contributed by atoms with Crippen LogP contribution >= 0.6 is 11.6 Å². The van der Waals surface area contributed by atoms with Crippen molar-refractivity contribution in [1.82, 2.24) is 9.88 Å². The van der Waals surface area contributed by atoms with Gasteiger partial charge in [0.1, 0.15) is 5.82 Å². The average Bonchev–Trinajstić information content (AvgIpc) is 2.48. The van der Waals surface area contributed by atoms with Gasteiger partial charge >= 0.3 is 0 Å². The van der Waals surface area contributed by atoms with Crippen molar-refractivity contribution >= 4 is 34.0 Å². The van der Waals surface area contributed by atoms with E-state index in [0.29, 0.717) is 23.1 Å². The summed E-state index contributed by atoms with van der Waals surface area (Å²) in [5.41, 5.74) is 10.2. The van der Waals surface area contributed by atoms with Gasteiger partial charge in [0.05, 0.1) is 18.2 Å². The number of halogens is 1. The van der Waals surface area contributed by atoms with Gasteiger partial charge in [-0.15, -0.1) is 0 Å². The molecule has 0 saturated carbocycles. The van der Waals surface area contributed by atoms with Gasteiger partial charge in [0.25, 0.3) is 0 Å². The third-order valence-corrected chi connectivity index (χ3v) is 4.68. The van der Waals surface area contributed by atoms with Crippen LogP contribution in [0.25, 0.3) is 10.9 Å². The van der Waals surface area contributed by atoms with Crippen LogP contribution in [0.5, 0.6) is 0 Å². The second-order valence-corrected chi connectivity index (χ2v) is 6.95. The van der Waals surface area contributed by atoms with Crippen molar-refractivity contribution in [2.45, 2.75) is 33.4 Å². The van der Waals surface area contributed by atoms with Crippen LogP contribution in [0.3, 0.4) is 0 Å². The molecule has 0 radical (unpaired) electrons. The Kier molecular flexibility index (Phi) is 4.76. The molecular weight excluding hydrogens is 324 g/mol. The average molecular weight is 347 g/mol. The van der Waals surface area contributed by atoms with E-state index in [1.807, 2.05) is 19.1 Å². The molecule has 0 amide bonds. The van der Waals surface area contributed by atoms with Crippen LogP contribution in [0.2, 0.25) is 5.02 Å². The zero-order valence-corrected chi connectivity index (χ0v) is 15.1. The molecule has 2 aromatic rings. The number of nitrogens with two attached hydrogens (primary N) is 1. The fourth-order valence-electron chi connectivity index (χ4n) is 3.42. The lowest BCUT2D eigenvalue weighted by molar-refractivity contribution is -0.0210. The van der Waals surface area contributed by atoms with E-state index in [0.717, 1.165) is 47.3 Å². The number of rotatable bonds is 3. The van der Waals surface area contributed by atoms with Crippen molar-refractivity contribution in [2.75, 3.05) is 25.4 Å². The molecule has 3 N–H and O–H groups in total. The Morgan fingerprint density at radius 2 is 2.25 bits per heavy atom. The number of pyridine rings is 1. The number of hydrogen-bond acceptors (Lipinski definition) is 5. The van der Waals surface area contributed by atoms with Gasteiger partial charge in [-0.2, -0.15) is 0 Å². The summed E-state index contributed by atoms with van der Waals surface area (Å²) in [5.74, 6) is 0.414. The molecule has 1 fully saturated rings. The number of anilines is 1. The highest BCUT2D eigenvalue weighted by Gasteiger charge is 2.22. The predicted molar refractivity (Wildman–Crippen MR) is 99.1 cm³/mol. The lowest BCUT2D eigenvalue weighted by Gasteiger charge is -2.32. The van der Waals surface area contributed by atoms with E-state index in [1.54, 1.807) is 6.92 Å². The number of benzene rings is 1. The largest absolute Gasteiger partial charge is 0.383 e. The van der Waals surface area contributed by atoms with Crippen molar-refractivity contribution in [3.63, 3.8) is 0 Å². The number of hydrogen-bond donors (Lipinski definition) is 2. The molecule has 24 heavy (non-hydrogen) atoms. The molecule has 0 spiro atoms. The Labute approximate surface area is 147 Å². The number of nitrogens with one attached hydrogen (secondary N) is 1. The first-order valence-corrected chi connectivity index (χ1v) is 8.52. The second-order valence-electron chi connectivity index (χ2n) is 6.51. The molecule has 128 valence electrons. The molecular formula is C18H23ClN4O. The lowest BCUT2D eigenvalue weighted by atomic mass is 9.97. The minimum atomic E-state index is 0.207. The fraction of sp³-hybridized carbons (Fsp3) is 0.444. The van der Waals surface area contributed by atoms with E-state index in [4.69, 9.17) is 27.5 Å². The Balaban J connectivity index is 2.18. The number of nitrogens with zero attached hydrogens (tertiary/aromatic N) is 2. The number of aryl methyl sites for hydroxylation is 1. The standard InChI is InChI=1S/C18H23ClN4O/c1-10-6-13(19)7-14-15(9-23-4-5-24-11(2)8-23)16(12(3)20)18(21)22-17(10)14/h6-7,11,20H,4-5,8-9H2,1-3H3,(H2,21,22). The quantitative estimate of drug-likeness (QED) is 0.835. The molecule has 1 atom stereocenters. The molecule has 1 aromatic heterocycles. The van der Waals surface area contributed by atoms with Crippen molar-refractivity contribution in [1.29, 1.82) is 5.41 Å². The van der Waals surface area contributed by atoms with Crippen molar-refractivity contribution < 1.29 is 4.74 Å². The Bertz CT molecular complexity index is 805. The minimum Gasteiger partial charge on any atom is -0.383 e.